The molecule has 1 atom stereocenters. The molecule has 2 N–H and O–H groups in total. The summed E-state index contributed by atoms with van der Waals surface area (Å²) in [5, 5.41) is 0. The van der Waals surface area contributed by atoms with E-state index in [-0.39, 0.29) is 0 Å². The lowest BCUT2D eigenvalue weighted by molar-refractivity contribution is 0.155. The van der Waals surface area contributed by atoms with Crippen LogP contribution in [0.3, 0.4) is 0 Å². The van der Waals surface area contributed by atoms with Gasteiger partial charge in [-0.1, -0.05) is 47.5 Å². The minimum atomic E-state index is 0.398. The van der Waals surface area contributed by atoms with Crippen LogP contribution in [0.2, 0.25) is 0 Å². The summed E-state index contributed by atoms with van der Waals surface area (Å²) in [5.41, 5.74) is 6.21. The summed E-state index contributed by atoms with van der Waals surface area (Å²) >= 11 is 0. The number of hydrogen-bond donors (Lipinski definition) is 1. The van der Waals surface area contributed by atoms with E-state index in [0.29, 0.717) is 5.41 Å². The molecule has 21 heavy (non-hydrogen) atoms. The lowest BCUT2D eigenvalue weighted by Gasteiger charge is -2.33. The maximum atomic E-state index is 5.81. The highest BCUT2D eigenvalue weighted by Crippen LogP contribution is 2.32. The van der Waals surface area contributed by atoms with Gasteiger partial charge in [0.15, 0.2) is 0 Å². The first-order valence-corrected chi connectivity index (χ1v) is 9.28. The molecule has 0 saturated heterocycles. The van der Waals surface area contributed by atoms with Gasteiger partial charge >= 0.3 is 0 Å². The van der Waals surface area contributed by atoms with Gasteiger partial charge in [-0.3, -0.25) is 0 Å². The third-order valence-electron chi connectivity index (χ3n) is 5.18. The van der Waals surface area contributed by atoms with Crippen molar-refractivity contribution in [2.45, 2.75) is 85.6 Å². The first-order valence-electron chi connectivity index (χ1n) is 9.28. The van der Waals surface area contributed by atoms with Crippen LogP contribution in [0.5, 0.6) is 0 Å². The Morgan fingerprint density at radius 1 is 1.10 bits per heavy atom. The van der Waals surface area contributed by atoms with Crippen molar-refractivity contribution in [2.75, 3.05) is 19.6 Å². The van der Waals surface area contributed by atoms with Gasteiger partial charge in [0.1, 0.15) is 0 Å². The predicted octanol–water partition coefficient (Wildman–Crippen LogP) is 4.68. The van der Waals surface area contributed by atoms with Gasteiger partial charge in [-0.15, -0.1) is 0 Å². The Morgan fingerprint density at radius 3 is 2.19 bits per heavy atom. The van der Waals surface area contributed by atoms with E-state index >= 15 is 0 Å². The molecule has 0 aromatic heterocycles. The van der Waals surface area contributed by atoms with Crippen LogP contribution in [0.1, 0.15) is 79.6 Å². The number of nitrogens with two attached hydrogens (primary N) is 1. The highest BCUT2D eigenvalue weighted by molar-refractivity contribution is 4.80. The lowest BCUT2D eigenvalue weighted by Crippen LogP contribution is -2.37. The first kappa shape index (κ1) is 19.0. The Morgan fingerprint density at radius 2 is 1.71 bits per heavy atom. The smallest absolute Gasteiger partial charge is 0.00953 e. The van der Waals surface area contributed by atoms with Gasteiger partial charge in [-0.25, -0.2) is 0 Å². The van der Waals surface area contributed by atoms with Crippen LogP contribution in [0.15, 0.2) is 0 Å². The fourth-order valence-corrected chi connectivity index (χ4v) is 3.91. The maximum absolute atomic E-state index is 5.81. The molecule has 0 bridgehead atoms. The molecule has 0 amide bonds. The number of hydrogen-bond acceptors (Lipinski definition) is 2. The van der Waals surface area contributed by atoms with E-state index in [1.807, 2.05) is 0 Å². The van der Waals surface area contributed by atoms with Crippen molar-refractivity contribution in [3.8, 4) is 0 Å². The molecule has 0 aliphatic heterocycles. The summed E-state index contributed by atoms with van der Waals surface area (Å²) in [6.45, 7) is 15.2. The zero-order chi connectivity index (χ0) is 15.9. The molecule has 0 aromatic rings. The zero-order valence-electron chi connectivity index (χ0n) is 15.3. The Bertz CT molecular complexity index is 261. The topological polar surface area (TPSA) is 29.3 Å². The van der Waals surface area contributed by atoms with Gasteiger partial charge in [0.05, 0.1) is 0 Å². The summed E-state index contributed by atoms with van der Waals surface area (Å²) in [6, 6.07) is 0.870. The molecule has 1 rings (SSSR count). The molecule has 1 fully saturated rings. The SMILES string of the molecule is CC(C)CN(CCCC(CCN)C(C)(C)C)C1CCCC1. The molecule has 1 saturated carbocycles. The summed E-state index contributed by atoms with van der Waals surface area (Å²) in [7, 11) is 0. The Kier molecular flexibility index (Phi) is 8.26. The average Bonchev–Trinajstić information content (AvgIpc) is 2.88. The van der Waals surface area contributed by atoms with E-state index in [0.717, 1.165) is 24.4 Å². The summed E-state index contributed by atoms with van der Waals surface area (Å²) in [6.07, 6.45) is 9.59. The molecule has 0 heterocycles. The molecule has 1 aliphatic rings. The third-order valence-corrected chi connectivity index (χ3v) is 5.18. The molecule has 2 nitrogen and oxygen atoms in total. The predicted molar refractivity (Wildman–Crippen MR) is 94.5 cm³/mol. The molecule has 126 valence electrons. The molecule has 1 aliphatic carbocycles. The molecule has 2 heteroatoms. The van der Waals surface area contributed by atoms with Crippen LogP contribution in [0.25, 0.3) is 0 Å². The Balaban J connectivity index is 2.44. The second kappa shape index (κ2) is 9.15. The van der Waals surface area contributed by atoms with Crippen LogP contribution >= 0.6 is 0 Å². The highest BCUT2D eigenvalue weighted by Gasteiger charge is 2.26. The Labute approximate surface area is 133 Å². The third kappa shape index (κ3) is 7.15. The summed E-state index contributed by atoms with van der Waals surface area (Å²) in [4.78, 5) is 2.79. The van der Waals surface area contributed by atoms with Crippen molar-refractivity contribution in [3.63, 3.8) is 0 Å². The quantitative estimate of drug-likeness (QED) is 0.669. The van der Waals surface area contributed by atoms with Crippen LogP contribution in [-0.2, 0) is 0 Å². The van der Waals surface area contributed by atoms with Gasteiger partial charge in [0.2, 0.25) is 0 Å². The zero-order valence-corrected chi connectivity index (χ0v) is 15.3. The highest BCUT2D eigenvalue weighted by atomic mass is 15.2. The van der Waals surface area contributed by atoms with Gasteiger partial charge < -0.3 is 10.6 Å². The van der Waals surface area contributed by atoms with Gasteiger partial charge in [-0.2, -0.15) is 0 Å². The van der Waals surface area contributed by atoms with Crippen molar-refractivity contribution in [2.24, 2.45) is 23.0 Å². The molecule has 0 aromatic carbocycles. The second-order valence-electron chi connectivity index (χ2n) is 8.61. The molecule has 0 radical (unpaired) electrons. The van der Waals surface area contributed by atoms with Crippen LogP contribution in [-0.4, -0.2) is 30.6 Å². The normalized spacial score (nSPS) is 18.9. The van der Waals surface area contributed by atoms with Crippen LogP contribution in [0, 0.1) is 17.3 Å². The summed E-state index contributed by atoms with van der Waals surface area (Å²) < 4.78 is 0. The van der Waals surface area contributed by atoms with Crippen molar-refractivity contribution in [1.82, 2.24) is 4.90 Å². The Hall–Kier alpha value is -0.0800. The van der Waals surface area contributed by atoms with E-state index in [1.165, 1.54) is 58.0 Å². The van der Waals surface area contributed by atoms with E-state index in [9.17, 15) is 0 Å². The fourth-order valence-electron chi connectivity index (χ4n) is 3.91. The van der Waals surface area contributed by atoms with E-state index in [1.54, 1.807) is 0 Å². The maximum Gasteiger partial charge on any atom is 0.00953 e. The van der Waals surface area contributed by atoms with E-state index in [4.69, 9.17) is 5.73 Å². The van der Waals surface area contributed by atoms with Crippen molar-refractivity contribution in [3.05, 3.63) is 0 Å². The number of nitrogens with zero attached hydrogens (tertiary/aromatic N) is 1. The van der Waals surface area contributed by atoms with Crippen molar-refractivity contribution >= 4 is 0 Å². The average molecular weight is 297 g/mol. The largest absolute Gasteiger partial charge is 0.330 e. The van der Waals surface area contributed by atoms with Gasteiger partial charge in [0.25, 0.3) is 0 Å². The van der Waals surface area contributed by atoms with Crippen LogP contribution < -0.4 is 5.73 Å². The molecule has 1 unspecified atom stereocenters. The lowest BCUT2D eigenvalue weighted by atomic mass is 9.76. The standard InChI is InChI=1S/C19H40N2/c1-16(2)15-21(18-10-6-7-11-18)14-8-9-17(12-13-20)19(3,4)5/h16-18H,6-15,20H2,1-5H3. The van der Waals surface area contributed by atoms with E-state index in [2.05, 4.69) is 39.5 Å². The van der Waals surface area contributed by atoms with Gasteiger partial charge in [0, 0.05) is 12.6 Å². The monoisotopic (exact) mass is 296 g/mol. The molecular weight excluding hydrogens is 256 g/mol. The van der Waals surface area contributed by atoms with Crippen LogP contribution in [0.4, 0.5) is 0 Å². The first-order chi connectivity index (χ1) is 9.84. The minimum Gasteiger partial charge on any atom is -0.330 e. The van der Waals surface area contributed by atoms with Gasteiger partial charge in [-0.05, 0) is 62.4 Å². The van der Waals surface area contributed by atoms with Crippen molar-refractivity contribution in [1.29, 1.82) is 0 Å². The molecule has 0 spiro atoms. The second-order valence-corrected chi connectivity index (χ2v) is 8.61. The summed E-state index contributed by atoms with van der Waals surface area (Å²) in [5.74, 6) is 1.56. The van der Waals surface area contributed by atoms with E-state index < -0.39 is 0 Å². The fraction of sp³-hybridized carbons (Fsp3) is 1.00. The number of rotatable bonds is 9. The molecular formula is C19H40N2. The van der Waals surface area contributed by atoms with Crippen molar-refractivity contribution < 1.29 is 0 Å². The minimum absolute atomic E-state index is 0.398.